The zero-order valence-electron chi connectivity index (χ0n) is 11.5. The first kappa shape index (κ1) is 14.1. The largest absolute Gasteiger partial charge is 0.497 e. The van der Waals surface area contributed by atoms with Crippen LogP contribution in [-0.4, -0.2) is 30.4 Å². The molecular formula is C16H12Cl2NO2+. The summed E-state index contributed by atoms with van der Waals surface area (Å²) in [5.74, 6) is 0.676. The number of methoxy groups -OCH3 is 1. The lowest BCUT2D eigenvalue weighted by molar-refractivity contribution is -0.389. The lowest BCUT2D eigenvalue weighted by atomic mass is 10.00. The molecule has 0 atom stereocenters. The first-order valence-corrected chi connectivity index (χ1v) is 7.07. The van der Waals surface area contributed by atoms with E-state index < -0.39 is 0 Å². The van der Waals surface area contributed by atoms with Gasteiger partial charge in [-0.25, -0.2) is 4.79 Å². The molecular weight excluding hydrogens is 309 g/mol. The second-order valence-electron chi connectivity index (χ2n) is 4.75. The highest BCUT2D eigenvalue weighted by atomic mass is 35.5. The summed E-state index contributed by atoms with van der Waals surface area (Å²) >= 11 is 12.1. The van der Waals surface area contributed by atoms with Crippen molar-refractivity contribution < 1.29 is 14.1 Å². The Morgan fingerprint density at radius 2 is 1.57 bits per heavy atom. The number of fused-ring (bicyclic) bond motifs is 1. The van der Waals surface area contributed by atoms with Crippen LogP contribution in [-0.2, 0) is 0 Å². The van der Waals surface area contributed by atoms with Crippen LogP contribution in [0.2, 0.25) is 10.0 Å². The number of amides is 1. The Balaban J connectivity index is 2.19. The molecule has 1 heterocycles. The number of rotatable bonds is 2. The minimum absolute atomic E-state index is 0.0885. The molecule has 1 amide bonds. The number of carbonyl (C=O) groups is 1. The number of hydrogen-bond acceptors (Lipinski definition) is 2. The van der Waals surface area contributed by atoms with E-state index in [1.807, 2.05) is 24.3 Å². The Kier molecular flexibility index (Phi) is 3.47. The van der Waals surface area contributed by atoms with Gasteiger partial charge in [-0.05, 0) is 36.4 Å². The first-order chi connectivity index (χ1) is 10.0. The normalized spacial score (nSPS) is 13.6. The Bertz CT molecular complexity index is 780. The van der Waals surface area contributed by atoms with Gasteiger partial charge in [-0.1, -0.05) is 23.2 Å². The van der Waals surface area contributed by atoms with E-state index in [4.69, 9.17) is 27.9 Å². The highest BCUT2D eigenvalue weighted by molar-refractivity contribution is 6.43. The van der Waals surface area contributed by atoms with Crippen LogP contribution in [0.4, 0.5) is 0 Å². The van der Waals surface area contributed by atoms with Crippen molar-refractivity contribution in [2.75, 3.05) is 14.2 Å². The molecule has 0 aliphatic carbocycles. The summed E-state index contributed by atoms with van der Waals surface area (Å²) in [6, 6.07) is 10.9. The molecule has 1 aliphatic rings. The highest BCUT2D eigenvalue weighted by Gasteiger charge is 2.37. The molecule has 0 spiro atoms. The molecule has 0 N–H and O–H groups in total. The maximum atomic E-state index is 12.3. The molecule has 0 bridgehead atoms. The summed E-state index contributed by atoms with van der Waals surface area (Å²) in [5, 5.41) is 0.817. The van der Waals surface area contributed by atoms with Gasteiger partial charge in [0.05, 0.1) is 22.7 Å². The monoisotopic (exact) mass is 320 g/mol. The molecule has 3 nitrogen and oxygen atoms in total. The summed E-state index contributed by atoms with van der Waals surface area (Å²) in [7, 11) is 3.36. The maximum Gasteiger partial charge on any atom is 0.420 e. The molecule has 2 aromatic carbocycles. The number of hydrogen-bond donors (Lipinski definition) is 0. The molecule has 0 saturated heterocycles. The second kappa shape index (κ2) is 5.17. The van der Waals surface area contributed by atoms with Gasteiger partial charge in [0, 0.05) is 5.56 Å². The van der Waals surface area contributed by atoms with Crippen molar-refractivity contribution in [2.45, 2.75) is 0 Å². The van der Waals surface area contributed by atoms with E-state index in [9.17, 15) is 4.79 Å². The van der Waals surface area contributed by atoms with Crippen molar-refractivity contribution in [1.29, 1.82) is 0 Å². The van der Waals surface area contributed by atoms with E-state index in [0.29, 0.717) is 15.6 Å². The molecule has 0 saturated carbocycles. The fourth-order valence-corrected chi connectivity index (χ4v) is 2.81. The van der Waals surface area contributed by atoms with Crippen LogP contribution in [0, 0.1) is 0 Å². The summed E-state index contributed by atoms with van der Waals surface area (Å²) < 4.78 is 6.77. The fourth-order valence-electron chi connectivity index (χ4n) is 2.48. The Labute approximate surface area is 132 Å². The van der Waals surface area contributed by atoms with Gasteiger partial charge in [0.1, 0.15) is 18.4 Å². The summed E-state index contributed by atoms with van der Waals surface area (Å²) in [4.78, 5) is 12.3. The molecule has 21 heavy (non-hydrogen) atoms. The highest BCUT2D eigenvalue weighted by Crippen LogP contribution is 2.31. The number of benzene rings is 2. The van der Waals surface area contributed by atoms with Crippen molar-refractivity contribution in [3.05, 3.63) is 63.1 Å². The Hall–Kier alpha value is -1.84. The van der Waals surface area contributed by atoms with Crippen molar-refractivity contribution in [3.63, 3.8) is 0 Å². The van der Waals surface area contributed by atoms with Crippen LogP contribution in [0.5, 0.6) is 5.75 Å². The number of nitrogens with zero attached hydrogens (tertiary/aromatic N) is 1. The third kappa shape index (κ3) is 2.23. The quantitative estimate of drug-likeness (QED) is 0.791. The zero-order chi connectivity index (χ0) is 15.1. The molecule has 0 radical (unpaired) electrons. The Morgan fingerprint density at radius 1 is 1.00 bits per heavy atom. The van der Waals surface area contributed by atoms with Crippen LogP contribution >= 0.6 is 23.2 Å². The first-order valence-electron chi connectivity index (χ1n) is 6.31. The van der Waals surface area contributed by atoms with Crippen LogP contribution < -0.4 is 4.74 Å². The molecule has 3 rings (SSSR count). The summed E-state index contributed by atoms with van der Waals surface area (Å²) in [6.07, 6.45) is 0. The van der Waals surface area contributed by atoms with Gasteiger partial charge in [-0.2, -0.15) is 4.58 Å². The van der Waals surface area contributed by atoms with Gasteiger partial charge in [-0.3, -0.25) is 0 Å². The SMILES string of the molecule is COc1ccc(C2=[N+](C)C(=O)c3cc(Cl)c(Cl)cc32)cc1. The third-order valence-electron chi connectivity index (χ3n) is 3.55. The molecule has 5 heteroatoms. The van der Waals surface area contributed by atoms with Crippen LogP contribution in [0.3, 0.4) is 0 Å². The summed E-state index contributed by atoms with van der Waals surface area (Å²) in [5.41, 5.74) is 3.10. The Morgan fingerprint density at radius 3 is 2.14 bits per heavy atom. The van der Waals surface area contributed by atoms with Gasteiger partial charge in [0.25, 0.3) is 0 Å². The van der Waals surface area contributed by atoms with Crippen molar-refractivity contribution in [1.82, 2.24) is 0 Å². The standard InChI is InChI=1S/C16H12Cl2NO2/c1-19-15(9-3-5-10(21-2)6-4-9)11-7-13(17)14(18)8-12(11)16(19)20/h3-8H,1-2H3/q+1. The van der Waals surface area contributed by atoms with Crippen LogP contribution in [0.15, 0.2) is 36.4 Å². The average Bonchev–Trinajstić information content (AvgIpc) is 2.72. The molecule has 0 unspecified atom stereocenters. The molecule has 0 fully saturated rings. The van der Waals surface area contributed by atoms with Gasteiger partial charge in [0.15, 0.2) is 0 Å². The molecule has 0 aromatic heterocycles. The van der Waals surface area contributed by atoms with E-state index in [1.165, 1.54) is 0 Å². The van der Waals surface area contributed by atoms with E-state index in [1.54, 1.807) is 30.9 Å². The van der Waals surface area contributed by atoms with E-state index >= 15 is 0 Å². The number of halogens is 2. The van der Waals surface area contributed by atoms with Crippen LogP contribution in [0.25, 0.3) is 0 Å². The number of carbonyl (C=O) groups excluding carboxylic acids is 1. The topological polar surface area (TPSA) is 29.3 Å². The summed E-state index contributed by atoms with van der Waals surface area (Å²) in [6.45, 7) is 0. The maximum absolute atomic E-state index is 12.3. The molecule has 106 valence electrons. The van der Waals surface area contributed by atoms with Gasteiger partial charge in [0.2, 0.25) is 5.71 Å². The lowest BCUT2D eigenvalue weighted by Gasteiger charge is -2.03. The molecule has 1 aliphatic heterocycles. The predicted octanol–water partition coefficient (Wildman–Crippen LogP) is 3.64. The minimum atomic E-state index is -0.0885. The van der Waals surface area contributed by atoms with E-state index in [2.05, 4.69) is 0 Å². The number of ether oxygens (including phenoxy) is 1. The fraction of sp³-hybridized carbons (Fsp3) is 0.125. The zero-order valence-corrected chi connectivity index (χ0v) is 13.0. The van der Waals surface area contributed by atoms with Crippen molar-refractivity contribution >= 4 is 34.8 Å². The van der Waals surface area contributed by atoms with Gasteiger partial charge in [-0.15, -0.1) is 0 Å². The van der Waals surface area contributed by atoms with E-state index in [-0.39, 0.29) is 5.91 Å². The molecule has 2 aromatic rings. The van der Waals surface area contributed by atoms with Gasteiger partial charge >= 0.3 is 5.91 Å². The van der Waals surface area contributed by atoms with Crippen molar-refractivity contribution in [3.8, 4) is 5.75 Å². The second-order valence-corrected chi connectivity index (χ2v) is 5.57. The average molecular weight is 321 g/mol. The smallest absolute Gasteiger partial charge is 0.420 e. The van der Waals surface area contributed by atoms with E-state index in [0.717, 1.165) is 22.6 Å². The predicted molar refractivity (Wildman–Crippen MR) is 83.2 cm³/mol. The minimum Gasteiger partial charge on any atom is -0.497 e. The third-order valence-corrected chi connectivity index (χ3v) is 4.27. The van der Waals surface area contributed by atoms with Crippen LogP contribution in [0.1, 0.15) is 21.5 Å². The lowest BCUT2D eigenvalue weighted by Crippen LogP contribution is -2.16. The van der Waals surface area contributed by atoms with Crippen molar-refractivity contribution in [2.24, 2.45) is 0 Å². The van der Waals surface area contributed by atoms with Gasteiger partial charge < -0.3 is 4.74 Å².